The van der Waals surface area contributed by atoms with Crippen molar-refractivity contribution in [1.29, 1.82) is 0 Å². The van der Waals surface area contributed by atoms with Crippen LogP contribution in [0.15, 0.2) is 0 Å². The van der Waals surface area contributed by atoms with Crippen molar-refractivity contribution < 1.29 is 9.59 Å². The van der Waals surface area contributed by atoms with Gasteiger partial charge in [-0.15, -0.1) is 0 Å². The number of hydrogen-bond acceptors (Lipinski definition) is 3. The van der Waals surface area contributed by atoms with Crippen molar-refractivity contribution in [2.45, 2.75) is 57.2 Å². The lowest BCUT2D eigenvalue weighted by atomic mass is 9.87. The fourth-order valence-corrected chi connectivity index (χ4v) is 3.68. The lowest BCUT2D eigenvalue weighted by Crippen LogP contribution is -2.71. The molecule has 1 aliphatic carbocycles. The molecule has 5 nitrogen and oxygen atoms in total. The molecule has 1 N–H and O–H groups in total. The van der Waals surface area contributed by atoms with Crippen LogP contribution >= 0.6 is 0 Å². The molecule has 2 saturated heterocycles. The van der Waals surface area contributed by atoms with Crippen LogP contribution in [0.5, 0.6) is 0 Å². The molecule has 0 radical (unpaired) electrons. The second kappa shape index (κ2) is 4.72. The van der Waals surface area contributed by atoms with E-state index in [4.69, 9.17) is 0 Å². The minimum atomic E-state index is -0.660. The second-order valence-electron chi connectivity index (χ2n) is 6.89. The van der Waals surface area contributed by atoms with E-state index in [1.165, 1.54) is 0 Å². The summed E-state index contributed by atoms with van der Waals surface area (Å²) in [5, 5.41) is 2.99. The summed E-state index contributed by atoms with van der Waals surface area (Å²) in [5.41, 5.74) is -0.660. The van der Waals surface area contributed by atoms with E-state index in [1.54, 1.807) is 0 Å². The molecule has 112 valence electrons. The number of piperidine rings is 1. The minimum absolute atomic E-state index is 0.0120. The first-order valence-electron chi connectivity index (χ1n) is 7.77. The third-order valence-electron chi connectivity index (χ3n) is 5.33. The van der Waals surface area contributed by atoms with Crippen LogP contribution in [-0.4, -0.2) is 59.4 Å². The van der Waals surface area contributed by atoms with Gasteiger partial charge in [0, 0.05) is 6.04 Å². The number of carbonyl (C=O) groups is 2. The predicted molar refractivity (Wildman–Crippen MR) is 76.1 cm³/mol. The van der Waals surface area contributed by atoms with Gasteiger partial charge in [-0.2, -0.15) is 0 Å². The standard InChI is InChI=1S/C15H25N3O2/c1-10-13(19)16-15(2,11-4-5-11)14(20)18(10)12-6-8-17(3)9-7-12/h10-12H,4-9H2,1-3H3,(H,16,19). The van der Waals surface area contributed by atoms with Gasteiger partial charge in [0.1, 0.15) is 11.6 Å². The number of carbonyl (C=O) groups excluding carboxylic acids is 2. The highest BCUT2D eigenvalue weighted by molar-refractivity contribution is 6.00. The zero-order valence-electron chi connectivity index (χ0n) is 12.7. The normalized spacial score (nSPS) is 37.1. The molecule has 1 saturated carbocycles. The SMILES string of the molecule is CC1C(=O)NC(C)(C2CC2)C(=O)N1C1CCN(C)CC1. The number of piperazine rings is 1. The quantitative estimate of drug-likeness (QED) is 0.805. The summed E-state index contributed by atoms with van der Waals surface area (Å²) in [5.74, 6) is 0.486. The number of rotatable bonds is 2. The predicted octanol–water partition coefficient (Wildman–Crippen LogP) is 0.596. The van der Waals surface area contributed by atoms with E-state index in [0.717, 1.165) is 38.8 Å². The van der Waals surface area contributed by atoms with Crippen molar-refractivity contribution in [3.05, 3.63) is 0 Å². The van der Waals surface area contributed by atoms with Crippen molar-refractivity contribution in [3.63, 3.8) is 0 Å². The molecule has 0 aromatic heterocycles. The average molecular weight is 279 g/mol. The van der Waals surface area contributed by atoms with Crippen LogP contribution in [0.2, 0.25) is 0 Å². The molecule has 3 rings (SSSR count). The van der Waals surface area contributed by atoms with Crippen LogP contribution in [0.25, 0.3) is 0 Å². The third-order valence-corrected chi connectivity index (χ3v) is 5.33. The highest BCUT2D eigenvalue weighted by Crippen LogP contribution is 2.43. The Hall–Kier alpha value is -1.10. The molecule has 0 aromatic carbocycles. The molecule has 0 aromatic rings. The van der Waals surface area contributed by atoms with Gasteiger partial charge in [-0.25, -0.2) is 0 Å². The molecule has 0 spiro atoms. The van der Waals surface area contributed by atoms with E-state index in [9.17, 15) is 9.59 Å². The Morgan fingerprint density at radius 2 is 1.75 bits per heavy atom. The zero-order chi connectivity index (χ0) is 14.5. The fourth-order valence-electron chi connectivity index (χ4n) is 3.68. The van der Waals surface area contributed by atoms with Gasteiger partial charge in [-0.05, 0) is 65.6 Å². The average Bonchev–Trinajstić information content (AvgIpc) is 3.24. The van der Waals surface area contributed by atoms with E-state index in [2.05, 4.69) is 17.3 Å². The van der Waals surface area contributed by atoms with E-state index in [-0.39, 0.29) is 23.9 Å². The Kier molecular flexibility index (Phi) is 3.27. The molecule has 2 unspecified atom stereocenters. The van der Waals surface area contributed by atoms with Gasteiger partial charge < -0.3 is 15.1 Å². The third kappa shape index (κ3) is 2.12. The summed E-state index contributed by atoms with van der Waals surface area (Å²) in [4.78, 5) is 29.4. The molecule has 2 atom stereocenters. The maximum atomic E-state index is 13.0. The molecule has 2 amide bonds. The summed E-state index contributed by atoms with van der Waals surface area (Å²) in [7, 11) is 2.11. The monoisotopic (exact) mass is 279 g/mol. The molecule has 2 aliphatic heterocycles. The highest BCUT2D eigenvalue weighted by atomic mass is 16.2. The molecule has 20 heavy (non-hydrogen) atoms. The van der Waals surface area contributed by atoms with E-state index >= 15 is 0 Å². The van der Waals surface area contributed by atoms with Gasteiger partial charge in [-0.1, -0.05) is 0 Å². The first-order valence-corrected chi connectivity index (χ1v) is 7.77. The topological polar surface area (TPSA) is 52.7 Å². The van der Waals surface area contributed by atoms with Gasteiger partial charge in [0.2, 0.25) is 11.8 Å². The van der Waals surface area contributed by atoms with Crippen LogP contribution < -0.4 is 5.32 Å². The van der Waals surface area contributed by atoms with Crippen LogP contribution in [0, 0.1) is 5.92 Å². The largest absolute Gasteiger partial charge is 0.340 e. The molecule has 0 bridgehead atoms. The second-order valence-corrected chi connectivity index (χ2v) is 6.89. The Labute approximate surface area is 120 Å². The number of amides is 2. The molecular formula is C15H25N3O2. The van der Waals surface area contributed by atoms with Gasteiger partial charge in [0.05, 0.1) is 0 Å². The van der Waals surface area contributed by atoms with E-state index in [0.29, 0.717) is 5.92 Å². The lowest BCUT2D eigenvalue weighted by Gasteiger charge is -2.48. The van der Waals surface area contributed by atoms with Crippen molar-refractivity contribution in [2.75, 3.05) is 20.1 Å². The molecular weight excluding hydrogens is 254 g/mol. The van der Waals surface area contributed by atoms with Gasteiger partial charge in [0.15, 0.2) is 0 Å². The van der Waals surface area contributed by atoms with Gasteiger partial charge in [-0.3, -0.25) is 9.59 Å². The lowest BCUT2D eigenvalue weighted by molar-refractivity contribution is -0.158. The summed E-state index contributed by atoms with van der Waals surface area (Å²) in [6.45, 7) is 5.78. The Bertz CT molecular complexity index is 427. The molecule has 3 fully saturated rings. The Morgan fingerprint density at radius 1 is 1.15 bits per heavy atom. The number of nitrogens with zero attached hydrogens (tertiary/aromatic N) is 2. The summed E-state index contributed by atoms with van der Waals surface area (Å²) in [6.07, 6.45) is 4.05. The van der Waals surface area contributed by atoms with E-state index in [1.807, 2.05) is 18.7 Å². The first kappa shape index (κ1) is 13.9. The summed E-state index contributed by atoms with van der Waals surface area (Å²) < 4.78 is 0. The first-order chi connectivity index (χ1) is 9.43. The van der Waals surface area contributed by atoms with Gasteiger partial charge in [0.25, 0.3) is 0 Å². The van der Waals surface area contributed by atoms with Crippen LogP contribution in [0.4, 0.5) is 0 Å². The Morgan fingerprint density at radius 3 is 2.30 bits per heavy atom. The van der Waals surface area contributed by atoms with E-state index < -0.39 is 5.54 Å². The smallest absolute Gasteiger partial charge is 0.249 e. The number of hydrogen-bond donors (Lipinski definition) is 1. The minimum Gasteiger partial charge on any atom is -0.340 e. The summed E-state index contributed by atoms with van der Waals surface area (Å²) >= 11 is 0. The van der Waals surface area contributed by atoms with Crippen molar-refractivity contribution in [2.24, 2.45) is 5.92 Å². The molecule has 3 aliphatic rings. The summed E-state index contributed by atoms with van der Waals surface area (Å²) in [6, 6.07) is -0.111. The van der Waals surface area contributed by atoms with Crippen LogP contribution in [0.1, 0.15) is 39.5 Å². The van der Waals surface area contributed by atoms with Crippen molar-refractivity contribution in [3.8, 4) is 0 Å². The number of likely N-dealkylation sites (tertiary alicyclic amines) is 1. The molecule has 2 heterocycles. The highest BCUT2D eigenvalue weighted by Gasteiger charge is 2.55. The maximum Gasteiger partial charge on any atom is 0.249 e. The van der Waals surface area contributed by atoms with Crippen molar-refractivity contribution >= 4 is 11.8 Å². The van der Waals surface area contributed by atoms with Crippen LogP contribution in [-0.2, 0) is 9.59 Å². The Balaban J connectivity index is 1.83. The van der Waals surface area contributed by atoms with Crippen molar-refractivity contribution in [1.82, 2.24) is 15.1 Å². The molecule has 5 heteroatoms. The fraction of sp³-hybridized carbons (Fsp3) is 0.867. The maximum absolute atomic E-state index is 13.0. The number of nitrogens with one attached hydrogen (secondary N) is 1. The van der Waals surface area contributed by atoms with Crippen LogP contribution in [0.3, 0.4) is 0 Å². The van der Waals surface area contributed by atoms with Gasteiger partial charge >= 0.3 is 0 Å². The zero-order valence-corrected chi connectivity index (χ0v) is 12.7.